The van der Waals surface area contributed by atoms with Crippen LogP contribution in [0.4, 0.5) is 5.95 Å². The summed E-state index contributed by atoms with van der Waals surface area (Å²) in [4.78, 5) is 18.5. The fraction of sp³-hybridized carbons (Fsp3) is 0.263. The van der Waals surface area contributed by atoms with E-state index in [0.29, 0.717) is 11.1 Å². The van der Waals surface area contributed by atoms with Gasteiger partial charge in [0, 0.05) is 0 Å². The summed E-state index contributed by atoms with van der Waals surface area (Å²) in [6, 6.07) is 11.3. The largest absolute Gasteiger partial charge is 0.380 e. The van der Waals surface area contributed by atoms with Gasteiger partial charge >= 0.3 is 0 Å². The lowest BCUT2D eigenvalue weighted by molar-refractivity contribution is -0.121. The van der Waals surface area contributed by atoms with E-state index in [1.807, 2.05) is 0 Å². The number of sulfone groups is 1. The Hall–Kier alpha value is -2.91. The lowest BCUT2D eigenvalue weighted by Crippen LogP contribution is -2.33. The molecule has 1 amide bonds. The maximum atomic E-state index is 12.9. The van der Waals surface area contributed by atoms with Crippen LogP contribution in [0, 0.1) is 0 Å². The Kier molecular flexibility index (Phi) is 4.90. The SMILES string of the molecule is CC(C)S(=O)(=O)c1cc(C(O)(CC(N)=O)c2ccccc2)cc2[nH]c(N)nc12. The molecule has 1 aromatic heterocycles. The fourth-order valence-electron chi connectivity index (χ4n) is 3.15. The first kappa shape index (κ1) is 19.8. The molecule has 1 atom stereocenters. The minimum absolute atomic E-state index is 0.0468. The van der Waals surface area contributed by atoms with Crippen molar-refractivity contribution in [1.82, 2.24) is 9.97 Å². The highest BCUT2D eigenvalue weighted by molar-refractivity contribution is 7.92. The van der Waals surface area contributed by atoms with Crippen LogP contribution in [-0.4, -0.2) is 34.6 Å². The predicted octanol–water partition coefficient (Wildman–Crippen LogP) is 1.44. The number of hydrogen-bond donors (Lipinski definition) is 4. The number of nitrogens with zero attached hydrogens (tertiary/aromatic N) is 1. The predicted molar refractivity (Wildman–Crippen MR) is 106 cm³/mol. The van der Waals surface area contributed by atoms with Crippen molar-refractivity contribution in [3.8, 4) is 0 Å². The number of H-pyrrole nitrogens is 1. The number of carbonyl (C=O) groups is 1. The smallest absolute Gasteiger partial charge is 0.221 e. The summed E-state index contributed by atoms with van der Waals surface area (Å²) in [5.41, 5.74) is 10.4. The average molecular weight is 402 g/mol. The fourth-order valence-corrected chi connectivity index (χ4v) is 4.38. The molecule has 1 unspecified atom stereocenters. The Labute approximate surface area is 162 Å². The molecule has 1 heterocycles. The molecule has 0 aliphatic rings. The van der Waals surface area contributed by atoms with Crippen LogP contribution < -0.4 is 11.5 Å². The molecule has 0 radical (unpaired) electrons. The molecule has 0 saturated heterocycles. The van der Waals surface area contributed by atoms with Crippen molar-refractivity contribution in [3.63, 3.8) is 0 Å². The molecule has 0 saturated carbocycles. The van der Waals surface area contributed by atoms with Crippen molar-refractivity contribution in [2.75, 3.05) is 5.73 Å². The Balaban J connectivity index is 2.36. The van der Waals surface area contributed by atoms with Crippen LogP contribution in [0.3, 0.4) is 0 Å². The van der Waals surface area contributed by atoms with E-state index in [0.717, 1.165) is 0 Å². The highest BCUT2D eigenvalue weighted by Crippen LogP contribution is 2.37. The van der Waals surface area contributed by atoms with Gasteiger partial charge in [-0.1, -0.05) is 30.3 Å². The number of nitrogen functional groups attached to an aromatic ring is 1. The molecule has 0 aliphatic heterocycles. The third-order valence-corrected chi connectivity index (χ3v) is 6.82. The van der Waals surface area contributed by atoms with Gasteiger partial charge < -0.3 is 21.6 Å². The summed E-state index contributed by atoms with van der Waals surface area (Å²) in [5, 5.41) is 10.7. The van der Waals surface area contributed by atoms with Crippen LogP contribution in [0.2, 0.25) is 0 Å². The molecular formula is C19H22N4O4S. The number of rotatable bonds is 6. The summed E-state index contributed by atoms with van der Waals surface area (Å²) in [5.74, 6) is -0.686. The monoisotopic (exact) mass is 402 g/mol. The van der Waals surface area contributed by atoms with E-state index in [2.05, 4.69) is 9.97 Å². The molecule has 0 spiro atoms. The van der Waals surface area contributed by atoms with Crippen molar-refractivity contribution >= 4 is 32.7 Å². The first-order valence-corrected chi connectivity index (χ1v) is 10.2. The number of hydrogen-bond acceptors (Lipinski definition) is 6. The number of carbonyl (C=O) groups excluding carboxylic acids is 1. The zero-order valence-corrected chi connectivity index (χ0v) is 16.3. The second-order valence-electron chi connectivity index (χ2n) is 6.96. The second-order valence-corrected chi connectivity index (χ2v) is 9.43. The number of aliphatic hydroxyl groups is 1. The van der Waals surface area contributed by atoms with Gasteiger partial charge in [0.25, 0.3) is 0 Å². The number of imidazole rings is 1. The number of anilines is 1. The lowest BCUT2D eigenvalue weighted by Gasteiger charge is -2.29. The number of amides is 1. The topological polar surface area (TPSA) is 152 Å². The highest BCUT2D eigenvalue weighted by Gasteiger charge is 2.36. The molecule has 0 aliphatic carbocycles. The summed E-state index contributed by atoms with van der Waals surface area (Å²) in [6.07, 6.45) is -0.423. The van der Waals surface area contributed by atoms with E-state index in [1.165, 1.54) is 12.1 Å². The van der Waals surface area contributed by atoms with Gasteiger partial charge in [0.1, 0.15) is 11.1 Å². The van der Waals surface area contributed by atoms with Crippen LogP contribution in [-0.2, 0) is 20.2 Å². The zero-order chi connectivity index (χ0) is 20.7. The van der Waals surface area contributed by atoms with Crippen LogP contribution in [0.1, 0.15) is 31.4 Å². The Bertz CT molecular complexity index is 1140. The van der Waals surface area contributed by atoms with Crippen LogP contribution in [0.5, 0.6) is 0 Å². The molecule has 0 fully saturated rings. The number of primary amides is 1. The normalized spacial score (nSPS) is 14.3. The molecule has 28 heavy (non-hydrogen) atoms. The van der Waals surface area contributed by atoms with Crippen molar-refractivity contribution in [3.05, 3.63) is 53.6 Å². The minimum atomic E-state index is -3.75. The summed E-state index contributed by atoms with van der Waals surface area (Å²) in [7, 11) is -3.75. The summed E-state index contributed by atoms with van der Waals surface area (Å²) >= 11 is 0. The van der Waals surface area contributed by atoms with Crippen molar-refractivity contribution in [2.45, 2.75) is 36.0 Å². The third-order valence-electron chi connectivity index (χ3n) is 4.66. The number of aromatic amines is 1. The Morgan fingerprint density at radius 3 is 2.43 bits per heavy atom. The number of nitrogens with one attached hydrogen (secondary N) is 1. The molecule has 8 nitrogen and oxygen atoms in total. The van der Waals surface area contributed by atoms with E-state index in [9.17, 15) is 18.3 Å². The van der Waals surface area contributed by atoms with Gasteiger partial charge in [0.2, 0.25) is 5.91 Å². The summed E-state index contributed by atoms with van der Waals surface area (Å²) in [6.45, 7) is 3.10. The highest BCUT2D eigenvalue weighted by atomic mass is 32.2. The van der Waals surface area contributed by atoms with E-state index < -0.39 is 33.0 Å². The Morgan fingerprint density at radius 1 is 1.21 bits per heavy atom. The van der Waals surface area contributed by atoms with E-state index in [1.54, 1.807) is 44.2 Å². The molecule has 0 bridgehead atoms. The molecular weight excluding hydrogens is 380 g/mol. The maximum Gasteiger partial charge on any atom is 0.221 e. The van der Waals surface area contributed by atoms with Gasteiger partial charge in [-0.05, 0) is 37.1 Å². The second kappa shape index (κ2) is 6.92. The van der Waals surface area contributed by atoms with Crippen LogP contribution in [0.15, 0.2) is 47.4 Å². The van der Waals surface area contributed by atoms with Gasteiger partial charge in [0.15, 0.2) is 15.8 Å². The van der Waals surface area contributed by atoms with E-state index >= 15 is 0 Å². The van der Waals surface area contributed by atoms with Gasteiger partial charge in [-0.25, -0.2) is 13.4 Å². The van der Waals surface area contributed by atoms with Crippen molar-refractivity contribution < 1.29 is 18.3 Å². The first-order valence-electron chi connectivity index (χ1n) is 8.65. The molecule has 148 valence electrons. The van der Waals surface area contributed by atoms with Gasteiger partial charge in [-0.3, -0.25) is 4.79 Å². The van der Waals surface area contributed by atoms with Gasteiger partial charge in [-0.2, -0.15) is 0 Å². The lowest BCUT2D eigenvalue weighted by atomic mass is 9.83. The zero-order valence-electron chi connectivity index (χ0n) is 15.5. The van der Waals surface area contributed by atoms with E-state index in [4.69, 9.17) is 11.5 Å². The summed E-state index contributed by atoms with van der Waals surface area (Å²) < 4.78 is 25.9. The van der Waals surface area contributed by atoms with Crippen molar-refractivity contribution in [1.29, 1.82) is 0 Å². The van der Waals surface area contributed by atoms with Gasteiger partial charge in [0.05, 0.1) is 22.1 Å². The molecule has 6 N–H and O–H groups in total. The average Bonchev–Trinajstić information content (AvgIpc) is 3.00. The quantitative estimate of drug-likeness (QED) is 0.489. The molecule has 9 heteroatoms. The van der Waals surface area contributed by atoms with Crippen molar-refractivity contribution in [2.24, 2.45) is 5.73 Å². The first-order chi connectivity index (χ1) is 13.1. The standard InChI is InChI=1S/C19H22N4O4S/c1-11(2)28(26,27)15-9-13(8-14-17(15)23-18(21)22-14)19(25,10-16(20)24)12-6-4-3-5-7-12/h3-9,11,25H,10H2,1-2H3,(H2,20,24)(H3,21,22,23). The number of nitrogens with two attached hydrogens (primary N) is 2. The molecule has 2 aromatic carbocycles. The molecule has 3 rings (SSSR count). The Morgan fingerprint density at radius 2 is 1.86 bits per heavy atom. The number of fused-ring (bicyclic) bond motifs is 1. The van der Waals surface area contributed by atoms with Crippen LogP contribution in [0.25, 0.3) is 11.0 Å². The van der Waals surface area contributed by atoms with Gasteiger partial charge in [-0.15, -0.1) is 0 Å². The molecule has 3 aromatic rings. The number of benzene rings is 2. The minimum Gasteiger partial charge on any atom is -0.380 e. The van der Waals surface area contributed by atoms with E-state index in [-0.39, 0.29) is 21.9 Å². The maximum absolute atomic E-state index is 12.9. The van der Waals surface area contributed by atoms with Crippen LogP contribution >= 0.6 is 0 Å². The number of aromatic nitrogens is 2. The third kappa shape index (κ3) is 3.34.